The van der Waals surface area contributed by atoms with E-state index in [-0.39, 0.29) is 0 Å². The van der Waals surface area contributed by atoms with Crippen molar-refractivity contribution in [1.82, 2.24) is 0 Å². The Labute approximate surface area is 139 Å². The van der Waals surface area contributed by atoms with Crippen LogP contribution < -0.4 is 4.74 Å². The van der Waals surface area contributed by atoms with Gasteiger partial charge >= 0.3 is 6.18 Å². The number of rotatable bonds is 3. The Kier molecular flexibility index (Phi) is 4.53. The summed E-state index contributed by atoms with van der Waals surface area (Å²) >= 11 is 0. The molecule has 2 aromatic rings. The lowest BCUT2D eigenvalue weighted by Gasteiger charge is -2.05. The molecule has 1 atom stereocenters. The third-order valence-electron chi connectivity index (χ3n) is 3.32. The summed E-state index contributed by atoms with van der Waals surface area (Å²) in [6.07, 6.45) is -4.34. The molecule has 124 valence electrons. The third kappa shape index (κ3) is 3.73. The zero-order valence-corrected chi connectivity index (χ0v) is 13.4. The van der Waals surface area contributed by atoms with Gasteiger partial charge in [-0.25, -0.2) is 9.36 Å². The molecule has 0 radical (unpaired) electrons. The lowest BCUT2D eigenvalue weighted by atomic mass is 10.2. The van der Waals surface area contributed by atoms with Gasteiger partial charge in [-0.2, -0.15) is 13.2 Å². The average molecular weight is 350 g/mol. The highest BCUT2D eigenvalue weighted by molar-refractivity contribution is 8.03. The highest BCUT2D eigenvalue weighted by atomic mass is 32.2. The van der Waals surface area contributed by atoms with Gasteiger partial charge in [0.05, 0.1) is 29.6 Å². The minimum absolute atomic E-state index is 0.491. The van der Waals surface area contributed by atoms with Crippen molar-refractivity contribution >= 4 is 27.6 Å². The van der Waals surface area contributed by atoms with Crippen molar-refractivity contribution in [3.8, 4) is 5.75 Å². The predicted octanol–water partition coefficient (Wildman–Crippen LogP) is 5.19. The van der Waals surface area contributed by atoms with Crippen molar-refractivity contribution in [3.63, 3.8) is 0 Å². The van der Waals surface area contributed by atoms with E-state index in [1.807, 2.05) is 29.7 Å². The predicted molar refractivity (Wildman–Crippen MR) is 90.4 cm³/mol. The molecule has 0 aromatic heterocycles. The summed E-state index contributed by atoms with van der Waals surface area (Å²) in [5.74, 6) is 0.759. The minimum atomic E-state index is -4.34. The molecule has 0 saturated carbocycles. The van der Waals surface area contributed by atoms with Crippen molar-refractivity contribution < 1.29 is 17.9 Å². The average Bonchev–Trinajstić information content (AvgIpc) is 3.03. The fourth-order valence-corrected chi connectivity index (χ4v) is 3.25. The van der Waals surface area contributed by atoms with Crippen molar-refractivity contribution in [3.05, 3.63) is 65.1 Å². The highest BCUT2D eigenvalue weighted by Crippen LogP contribution is 2.31. The van der Waals surface area contributed by atoms with E-state index in [1.165, 1.54) is 12.1 Å². The Morgan fingerprint density at radius 1 is 1.00 bits per heavy atom. The van der Waals surface area contributed by atoms with E-state index in [0.717, 1.165) is 29.1 Å². The van der Waals surface area contributed by atoms with Gasteiger partial charge in [-0.1, -0.05) is 0 Å². The third-order valence-corrected chi connectivity index (χ3v) is 4.53. The van der Waals surface area contributed by atoms with E-state index in [2.05, 4.69) is 9.36 Å². The summed E-state index contributed by atoms with van der Waals surface area (Å²) in [6.45, 7) is 0. The molecule has 0 fully saturated rings. The molecule has 24 heavy (non-hydrogen) atoms. The topological polar surface area (TPSA) is 34.0 Å². The van der Waals surface area contributed by atoms with Crippen LogP contribution in [0.2, 0.25) is 0 Å². The van der Waals surface area contributed by atoms with E-state index in [4.69, 9.17) is 4.74 Å². The summed E-state index contributed by atoms with van der Waals surface area (Å²) in [6, 6.07) is 12.3. The number of halogens is 3. The molecule has 0 saturated heterocycles. The van der Waals surface area contributed by atoms with Crippen LogP contribution >= 0.6 is 0 Å². The van der Waals surface area contributed by atoms with Gasteiger partial charge < -0.3 is 4.74 Å². The Morgan fingerprint density at radius 3 is 2.25 bits per heavy atom. The first-order valence-corrected chi connectivity index (χ1v) is 8.28. The van der Waals surface area contributed by atoms with Crippen molar-refractivity contribution in [2.24, 2.45) is 9.36 Å². The molecule has 3 nitrogen and oxygen atoms in total. The van der Waals surface area contributed by atoms with Crippen molar-refractivity contribution in [2.45, 2.75) is 6.18 Å². The summed E-state index contributed by atoms with van der Waals surface area (Å²) in [5, 5.41) is 1.89. The fourth-order valence-electron chi connectivity index (χ4n) is 2.07. The lowest BCUT2D eigenvalue weighted by molar-refractivity contribution is -0.137. The lowest BCUT2D eigenvalue weighted by Crippen LogP contribution is -2.03. The summed E-state index contributed by atoms with van der Waals surface area (Å²) < 4.78 is 47.2. The van der Waals surface area contributed by atoms with E-state index >= 15 is 0 Å². The monoisotopic (exact) mass is 350 g/mol. The Balaban J connectivity index is 1.80. The van der Waals surface area contributed by atoms with Gasteiger partial charge in [-0.15, -0.1) is 0 Å². The van der Waals surface area contributed by atoms with Gasteiger partial charge in [0.25, 0.3) is 0 Å². The van der Waals surface area contributed by atoms with Crippen LogP contribution in [0.5, 0.6) is 5.75 Å². The molecule has 2 aromatic carbocycles. The molecule has 0 spiro atoms. The quantitative estimate of drug-likeness (QED) is 0.750. The molecular formula is C17H13F3N2OS. The molecule has 1 aliphatic heterocycles. The van der Waals surface area contributed by atoms with Crippen LogP contribution in [0.1, 0.15) is 11.1 Å². The van der Waals surface area contributed by atoms with Crippen molar-refractivity contribution in [2.75, 3.05) is 7.11 Å². The highest BCUT2D eigenvalue weighted by Gasteiger charge is 2.29. The smallest absolute Gasteiger partial charge is 0.416 e. The number of nitrogens with zero attached hydrogens (tertiary/aromatic N) is 2. The molecule has 1 unspecified atom stereocenters. The number of methoxy groups -OCH3 is 1. The van der Waals surface area contributed by atoms with Crippen LogP contribution in [0.15, 0.2) is 63.3 Å². The Hall–Kier alpha value is -2.41. The zero-order chi connectivity index (χ0) is 17.2. The van der Waals surface area contributed by atoms with Crippen LogP contribution in [0, 0.1) is 0 Å². The SMILES string of the molecule is COc1ccc(C2=CS(=Nc3ccc(C(F)(F)F)cc3)C=N2)cc1. The standard InChI is InChI=1S/C17H13F3N2OS/c1-23-15-8-2-12(3-9-15)16-10-24(11-21-16)22-14-6-4-13(5-7-14)17(18,19)20/h2-11H,1H3. The first kappa shape index (κ1) is 16.4. The molecule has 0 aliphatic carbocycles. The van der Waals surface area contributed by atoms with Gasteiger partial charge in [-0.3, -0.25) is 0 Å². The minimum Gasteiger partial charge on any atom is -0.497 e. The first-order valence-electron chi connectivity index (χ1n) is 6.97. The number of aliphatic imine (C=N–C) groups is 1. The number of benzene rings is 2. The largest absolute Gasteiger partial charge is 0.497 e. The fraction of sp³-hybridized carbons (Fsp3) is 0.118. The maximum atomic E-state index is 12.5. The first-order chi connectivity index (χ1) is 11.5. The zero-order valence-electron chi connectivity index (χ0n) is 12.6. The number of ether oxygens (including phenoxy) is 1. The van der Waals surface area contributed by atoms with E-state index in [9.17, 15) is 13.2 Å². The van der Waals surface area contributed by atoms with Gasteiger partial charge in [0.1, 0.15) is 5.75 Å². The van der Waals surface area contributed by atoms with Crippen LogP contribution in [-0.2, 0) is 16.9 Å². The molecule has 1 heterocycles. The van der Waals surface area contributed by atoms with Gasteiger partial charge in [0.15, 0.2) is 0 Å². The van der Waals surface area contributed by atoms with Crippen LogP contribution in [0.25, 0.3) is 5.70 Å². The molecular weight excluding hydrogens is 337 g/mol. The van der Waals surface area contributed by atoms with E-state index in [1.54, 1.807) is 12.7 Å². The molecule has 7 heteroatoms. The van der Waals surface area contributed by atoms with Crippen LogP contribution in [0.3, 0.4) is 0 Å². The second-order valence-electron chi connectivity index (χ2n) is 4.95. The van der Waals surface area contributed by atoms with Gasteiger partial charge in [0.2, 0.25) is 0 Å². The number of hydrogen-bond acceptors (Lipinski definition) is 3. The van der Waals surface area contributed by atoms with Gasteiger partial charge in [0, 0.05) is 11.0 Å². The maximum Gasteiger partial charge on any atom is 0.416 e. The van der Waals surface area contributed by atoms with Gasteiger partial charge in [-0.05, 0) is 59.2 Å². The Bertz CT molecular complexity index is 822. The normalized spacial score (nSPS) is 17.2. The second kappa shape index (κ2) is 6.60. The summed E-state index contributed by atoms with van der Waals surface area (Å²) in [7, 11) is 1.01. The molecule has 0 N–H and O–H groups in total. The molecule has 1 aliphatic rings. The molecule has 3 rings (SSSR count). The van der Waals surface area contributed by atoms with Crippen LogP contribution in [0.4, 0.5) is 18.9 Å². The number of hydrogen-bond donors (Lipinski definition) is 0. The molecule has 0 amide bonds. The summed E-state index contributed by atoms with van der Waals surface area (Å²) in [4.78, 5) is 4.33. The number of alkyl halides is 3. The Morgan fingerprint density at radius 2 is 1.67 bits per heavy atom. The second-order valence-corrected chi connectivity index (χ2v) is 6.27. The summed E-state index contributed by atoms with van der Waals surface area (Å²) in [5.41, 5.74) is 3.22. The molecule has 0 bridgehead atoms. The van der Waals surface area contributed by atoms with Crippen molar-refractivity contribution in [1.29, 1.82) is 0 Å². The van der Waals surface area contributed by atoms with E-state index in [0.29, 0.717) is 5.69 Å². The maximum absolute atomic E-state index is 12.5. The van der Waals surface area contributed by atoms with E-state index < -0.39 is 22.4 Å². The van der Waals surface area contributed by atoms with Crippen LogP contribution in [-0.4, -0.2) is 12.7 Å².